The lowest BCUT2D eigenvalue weighted by molar-refractivity contribution is -0.129. The Hall–Kier alpha value is -3.12. The zero-order valence-corrected chi connectivity index (χ0v) is 16.6. The molecule has 0 saturated heterocycles. The van der Waals surface area contributed by atoms with E-state index in [1.54, 1.807) is 24.3 Å². The third-order valence-electron chi connectivity index (χ3n) is 4.07. The van der Waals surface area contributed by atoms with Crippen molar-refractivity contribution in [3.63, 3.8) is 0 Å². The van der Waals surface area contributed by atoms with Crippen LogP contribution in [0.5, 0.6) is 5.75 Å². The molecule has 2 heterocycles. The molecule has 0 unspecified atom stereocenters. The van der Waals surface area contributed by atoms with Crippen LogP contribution in [0, 0.1) is 0 Å². The highest BCUT2D eigenvalue weighted by atomic mass is 79.9. The van der Waals surface area contributed by atoms with Gasteiger partial charge in [0.2, 0.25) is 5.90 Å². The molecule has 2 aromatic carbocycles. The first-order valence-electron chi connectivity index (χ1n) is 8.74. The Morgan fingerprint density at radius 3 is 2.43 bits per heavy atom. The number of hydrogen-bond acceptors (Lipinski definition) is 5. The summed E-state index contributed by atoms with van der Waals surface area (Å²) in [6, 6.07) is 18.7. The van der Waals surface area contributed by atoms with Crippen LogP contribution in [0.15, 0.2) is 80.2 Å². The molecule has 3 aromatic rings. The minimum absolute atomic E-state index is 0.195. The number of cyclic esters (lactones) is 1. The van der Waals surface area contributed by atoms with E-state index in [1.165, 1.54) is 0 Å². The fourth-order valence-electron chi connectivity index (χ4n) is 2.73. The van der Waals surface area contributed by atoms with E-state index in [1.807, 2.05) is 49.4 Å². The molecule has 6 heteroatoms. The molecular formula is C22H16BrNO4. The Bertz CT molecular complexity index is 1060. The van der Waals surface area contributed by atoms with Gasteiger partial charge in [-0.25, -0.2) is 9.79 Å². The molecular weight excluding hydrogens is 422 g/mol. The first kappa shape index (κ1) is 18.3. The maximum Gasteiger partial charge on any atom is 0.363 e. The summed E-state index contributed by atoms with van der Waals surface area (Å²) in [5.74, 6) is 1.75. The Labute approximate surface area is 170 Å². The highest BCUT2D eigenvalue weighted by Crippen LogP contribution is 2.26. The van der Waals surface area contributed by atoms with Gasteiger partial charge in [0, 0.05) is 21.7 Å². The van der Waals surface area contributed by atoms with Crippen LogP contribution in [0.4, 0.5) is 0 Å². The highest BCUT2D eigenvalue weighted by molar-refractivity contribution is 9.10. The Morgan fingerprint density at radius 1 is 1.00 bits per heavy atom. The Kier molecular flexibility index (Phi) is 5.12. The number of benzene rings is 2. The predicted molar refractivity (Wildman–Crippen MR) is 110 cm³/mol. The van der Waals surface area contributed by atoms with Gasteiger partial charge in [-0.05, 0) is 55.5 Å². The number of halogens is 1. The summed E-state index contributed by atoms with van der Waals surface area (Å²) < 4.78 is 17.5. The van der Waals surface area contributed by atoms with Crippen LogP contribution in [-0.4, -0.2) is 18.5 Å². The molecule has 28 heavy (non-hydrogen) atoms. The molecule has 0 fully saturated rings. The van der Waals surface area contributed by atoms with Gasteiger partial charge in [-0.15, -0.1) is 0 Å². The van der Waals surface area contributed by atoms with Gasteiger partial charge in [-0.1, -0.05) is 28.1 Å². The van der Waals surface area contributed by atoms with Gasteiger partial charge in [0.25, 0.3) is 0 Å². The van der Waals surface area contributed by atoms with Gasteiger partial charge in [0.05, 0.1) is 6.61 Å². The standard InChI is InChI=1S/C22H16BrNO4/c1-2-26-17-9-5-15(6-10-17)21-24-19(22(25)28-21)13-18-11-12-20(27-18)14-3-7-16(23)8-4-14/h3-13H,2H2,1H3/b19-13+. The minimum Gasteiger partial charge on any atom is -0.494 e. The second-order valence-electron chi connectivity index (χ2n) is 6.00. The average Bonchev–Trinajstić information content (AvgIpc) is 3.31. The van der Waals surface area contributed by atoms with E-state index in [0.717, 1.165) is 15.8 Å². The van der Waals surface area contributed by atoms with E-state index >= 15 is 0 Å². The average molecular weight is 438 g/mol. The first-order valence-corrected chi connectivity index (χ1v) is 9.53. The van der Waals surface area contributed by atoms with Crippen LogP contribution in [0.3, 0.4) is 0 Å². The van der Waals surface area contributed by atoms with Crippen molar-refractivity contribution >= 4 is 33.9 Å². The number of nitrogens with zero attached hydrogens (tertiary/aromatic N) is 1. The topological polar surface area (TPSA) is 61.0 Å². The third-order valence-corrected chi connectivity index (χ3v) is 4.60. The molecule has 0 atom stereocenters. The molecule has 0 radical (unpaired) electrons. The number of hydrogen-bond donors (Lipinski definition) is 0. The van der Waals surface area contributed by atoms with Gasteiger partial charge in [-0.2, -0.15) is 0 Å². The summed E-state index contributed by atoms with van der Waals surface area (Å²) in [5, 5.41) is 0. The molecule has 5 nitrogen and oxygen atoms in total. The van der Waals surface area contributed by atoms with Crippen LogP contribution >= 0.6 is 15.9 Å². The number of aliphatic imine (C=N–C) groups is 1. The van der Waals surface area contributed by atoms with E-state index in [4.69, 9.17) is 13.9 Å². The summed E-state index contributed by atoms with van der Waals surface area (Å²) in [6.07, 6.45) is 1.58. The second kappa shape index (κ2) is 7.86. The van der Waals surface area contributed by atoms with Gasteiger partial charge >= 0.3 is 5.97 Å². The SMILES string of the molecule is CCOc1ccc(C2=N/C(=C/c3ccc(-c4ccc(Br)cc4)o3)C(=O)O2)cc1. The lowest BCUT2D eigenvalue weighted by Crippen LogP contribution is -2.05. The molecule has 1 aromatic heterocycles. The zero-order chi connectivity index (χ0) is 19.5. The normalized spacial score (nSPS) is 14.9. The number of carbonyl (C=O) groups excluding carboxylic acids is 1. The van der Waals surface area contributed by atoms with E-state index < -0.39 is 5.97 Å². The van der Waals surface area contributed by atoms with Gasteiger partial charge < -0.3 is 13.9 Å². The quantitative estimate of drug-likeness (QED) is 0.393. The van der Waals surface area contributed by atoms with Crippen molar-refractivity contribution in [3.8, 4) is 17.1 Å². The number of carbonyl (C=O) groups is 1. The van der Waals surface area contributed by atoms with Crippen LogP contribution < -0.4 is 4.74 Å². The molecule has 4 rings (SSSR count). The van der Waals surface area contributed by atoms with E-state index in [0.29, 0.717) is 23.7 Å². The molecule has 140 valence electrons. The van der Waals surface area contributed by atoms with Gasteiger partial charge in [0.1, 0.15) is 17.3 Å². The predicted octanol–water partition coefficient (Wildman–Crippen LogP) is 5.45. The summed E-state index contributed by atoms with van der Waals surface area (Å²) in [4.78, 5) is 16.5. The third kappa shape index (κ3) is 3.92. The summed E-state index contributed by atoms with van der Waals surface area (Å²) >= 11 is 3.41. The van der Waals surface area contributed by atoms with Crippen molar-refractivity contribution in [3.05, 3.63) is 82.2 Å². The van der Waals surface area contributed by atoms with Crippen molar-refractivity contribution < 1.29 is 18.7 Å². The van der Waals surface area contributed by atoms with Crippen molar-refractivity contribution in [2.45, 2.75) is 6.92 Å². The van der Waals surface area contributed by atoms with E-state index in [-0.39, 0.29) is 11.6 Å². The fourth-order valence-corrected chi connectivity index (χ4v) is 2.99. The maximum atomic E-state index is 12.2. The number of rotatable bonds is 5. The molecule has 0 bridgehead atoms. The molecule has 1 aliphatic rings. The molecule has 0 saturated carbocycles. The van der Waals surface area contributed by atoms with Gasteiger partial charge in [-0.3, -0.25) is 0 Å². The van der Waals surface area contributed by atoms with Crippen LogP contribution in [0.2, 0.25) is 0 Å². The van der Waals surface area contributed by atoms with Crippen LogP contribution in [0.25, 0.3) is 17.4 Å². The fraction of sp³-hybridized carbons (Fsp3) is 0.0909. The van der Waals surface area contributed by atoms with E-state index in [2.05, 4.69) is 20.9 Å². The van der Waals surface area contributed by atoms with Crippen LogP contribution in [0.1, 0.15) is 18.2 Å². The summed E-state index contributed by atoms with van der Waals surface area (Å²) in [6.45, 7) is 2.51. The van der Waals surface area contributed by atoms with Crippen molar-refractivity contribution in [1.82, 2.24) is 0 Å². The lowest BCUT2D eigenvalue weighted by atomic mass is 10.2. The van der Waals surface area contributed by atoms with E-state index in [9.17, 15) is 4.79 Å². The largest absolute Gasteiger partial charge is 0.494 e. The molecule has 1 aliphatic heterocycles. The monoisotopic (exact) mass is 437 g/mol. The second-order valence-corrected chi connectivity index (χ2v) is 6.92. The first-order chi connectivity index (χ1) is 13.6. The molecule has 0 spiro atoms. The molecule has 0 amide bonds. The van der Waals surface area contributed by atoms with Crippen molar-refractivity contribution in [2.24, 2.45) is 4.99 Å². The number of ether oxygens (including phenoxy) is 2. The minimum atomic E-state index is -0.509. The molecule has 0 N–H and O–H groups in total. The number of esters is 1. The number of furan rings is 1. The van der Waals surface area contributed by atoms with Gasteiger partial charge in [0.15, 0.2) is 5.70 Å². The maximum absolute atomic E-state index is 12.2. The lowest BCUT2D eigenvalue weighted by Gasteiger charge is -2.03. The van der Waals surface area contributed by atoms with Crippen LogP contribution in [-0.2, 0) is 9.53 Å². The summed E-state index contributed by atoms with van der Waals surface area (Å²) in [7, 11) is 0. The van der Waals surface area contributed by atoms with Crippen molar-refractivity contribution in [1.29, 1.82) is 0 Å². The smallest absolute Gasteiger partial charge is 0.363 e. The zero-order valence-electron chi connectivity index (χ0n) is 15.0. The van der Waals surface area contributed by atoms with Crippen molar-refractivity contribution in [2.75, 3.05) is 6.61 Å². The Balaban J connectivity index is 1.56. The Morgan fingerprint density at radius 2 is 1.71 bits per heavy atom. The highest BCUT2D eigenvalue weighted by Gasteiger charge is 2.24. The molecule has 0 aliphatic carbocycles. The summed E-state index contributed by atoms with van der Waals surface area (Å²) in [5.41, 5.74) is 1.84.